The second-order valence-electron chi connectivity index (χ2n) is 11.9. The topological polar surface area (TPSA) is 29.4 Å². The van der Waals surface area contributed by atoms with Crippen molar-refractivity contribution in [2.75, 3.05) is 0 Å². The first-order chi connectivity index (χ1) is 23.9. The van der Waals surface area contributed by atoms with Gasteiger partial charge in [0.2, 0.25) is 0 Å². The van der Waals surface area contributed by atoms with Gasteiger partial charge < -0.3 is 4.79 Å². The molecule has 0 aliphatic carbocycles. The minimum absolute atomic E-state index is 0.0970. The molecule has 3 aromatic carbocycles. The molecule has 0 aliphatic heterocycles. The third kappa shape index (κ3) is 16.9. The smallest absolute Gasteiger partial charge is 0.126 e. The van der Waals surface area contributed by atoms with Crippen molar-refractivity contribution in [3.8, 4) is 23.5 Å². The zero-order valence-corrected chi connectivity index (χ0v) is 32.3. The van der Waals surface area contributed by atoms with E-state index in [-0.39, 0.29) is 11.7 Å². The van der Waals surface area contributed by atoms with Gasteiger partial charge in [0.1, 0.15) is 12.1 Å². The molecular formula is C46H66FNO. The third-order valence-electron chi connectivity index (χ3n) is 8.38. The summed E-state index contributed by atoms with van der Waals surface area (Å²) in [6.07, 6.45) is 23.2. The summed E-state index contributed by atoms with van der Waals surface area (Å²) in [6.45, 7) is 18.6. The molecule has 0 aliphatic rings. The molecular weight excluding hydrogens is 602 g/mol. The van der Waals surface area contributed by atoms with Crippen LogP contribution < -0.4 is 0 Å². The molecule has 268 valence electrons. The van der Waals surface area contributed by atoms with Gasteiger partial charge in [0.05, 0.1) is 5.69 Å². The number of terminal acetylenes is 1. The number of halogens is 1. The Kier molecular flexibility index (Phi) is 26.9. The molecule has 3 heteroatoms. The summed E-state index contributed by atoms with van der Waals surface area (Å²) >= 11 is 0. The summed E-state index contributed by atoms with van der Waals surface area (Å²) in [5.74, 6) is 3.18. The normalized spacial score (nSPS) is 11.9. The Balaban J connectivity index is 0.00000204. The quantitative estimate of drug-likeness (QED) is 0.0849. The molecule has 0 saturated carbocycles. The Hall–Kier alpha value is -3.77. The van der Waals surface area contributed by atoms with Crippen LogP contribution in [0.15, 0.2) is 77.8 Å². The Morgan fingerprint density at radius 3 is 1.90 bits per heavy atom. The average molecular weight is 668 g/mol. The second-order valence-corrected chi connectivity index (χ2v) is 11.9. The van der Waals surface area contributed by atoms with Crippen molar-refractivity contribution in [3.63, 3.8) is 0 Å². The summed E-state index contributed by atoms with van der Waals surface area (Å²) in [6, 6.07) is 22.0. The maximum atomic E-state index is 14.9. The summed E-state index contributed by atoms with van der Waals surface area (Å²) < 4.78 is 14.9. The second kappa shape index (κ2) is 29.2. The Bertz CT molecular complexity index is 1380. The van der Waals surface area contributed by atoms with E-state index >= 15 is 0 Å². The lowest BCUT2D eigenvalue weighted by atomic mass is 9.82. The molecule has 49 heavy (non-hydrogen) atoms. The molecule has 2 atom stereocenters. The first-order valence-corrected chi connectivity index (χ1v) is 18.9. The van der Waals surface area contributed by atoms with Crippen LogP contribution >= 0.6 is 0 Å². The lowest BCUT2D eigenvalue weighted by molar-refractivity contribution is -0.106. The fourth-order valence-electron chi connectivity index (χ4n) is 5.76. The zero-order chi connectivity index (χ0) is 36.9. The SMILES string of the molecule is C#Cc1ccc(-c2ccc(N=CC)c(/C(=C\CC(CCCC)c3ccccc3F)C(CC)CCCC)c2)cc1.CC.CC=O.CCCCC. The lowest BCUT2D eigenvalue weighted by Gasteiger charge is -2.23. The molecule has 0 amide bonds. The summed E-state index contributed by atoms with van der Waals surface area (Å²) in [5, 5.41) is 0. The van der Waals surface area contributed by atoms with Crippen molar-refractivity contribution in [3.05, 3.63) is 95.3 Å². The Labute approximate surface area is 300 Å². The number of aliphatic imine (C=N–C) groups is 1. The zero-order valence-electron chi connectivity index (χ0n) is 32.3. The number of hydrogen-bond donors (Lipinski definition) is 0. The number of hydrogen-bond acceptors (Lipinski definition) is 2. The van der Waals surface area contributed by atoms with E-state index in [0.29, 0.717) is 5.92 Å². The Morgan fingerprint density at radius 2 is 1.39 bits per heavy atom. The van der Waals surface area contributed by atoms with E-state index in [1.807, 2.05) is 51.3 Å². The number of benzene rings is 3. The van der Waals surface area contributed by atoms with Crippen molar-refractivity contribution in [2.24, 2.45) is 10.9 Å². The molecule has 0 aromatic heterocycles. The molecule has 3 rings (SSSR count). The highest BCUT2D eigenvalue weighted by Crippen LogP contribution is 2.40. The molecule has 0 bridgehead atoms. The van der Waals surface area contributed by atoms with E-state index in [9.17, 15) is 4.39 Å². The average Bonchev–Trinajstić information content (AvgIpc) is 3.13. The van der Waals surface area contributed by atoms with Crippen LogP contribution in [0.25, 0.3) is 16.7 Å². The predicted molar refractivity (Wildman–Crippen MR) is 216 cm³/mol. The van der Waals surface area contributed by atoms with Gasteiger partial charge in [0, 0.05) is 17.3 Å². The van der Waals surface area contributed by atoms with Crippen molar-refractivity contribution in [1.29, 1.82) is 0 Å². The molecule has 0 spiro atoms. The fourth-order valence-corrected chi connectivity index (χ4v) is 5.76. The van der Waals surface area contributed by atoms with E-state index < -0.39 is 0 Å². The molecule has 0 saturated heterocycles. The van der Waals surface area contributed by atoms with Gasteiger partial charge in [-0.15, -0.1) is 6.42 Å². The maximum absolute atomic E-state index is 14.9. The number of nitrogens with zero attached hydrogens (tertiary/aromatic N) is 1. The minimum Gasteiger partial charge on any atom is -0.304 e. The van der Waals surface area contributed by atoms with Gasteiger partial charge >= 0.3 is 0 Å². The molecule has 3 aromatic rings. The van der Waals surface area contributed by atoms with Crippen molar-refractivity contribution >= 4 is 23.8 Å². The maximum Gasteiger partial charge on any atom is 0.126 e. The van der Waals surface area contributed by atoms with Gasteiger partial charge in [-0.25, -0.2) is 4.39 Å². The first kappa shape index (κ1) is 45.2. The van der Waals surface area contributed by atoms with E-state index in [2.05, 4.69) is 76.9 Å². The predicted octanol–water partition coefficient (Wildman–Crippen LogP) is 14.6. The Morgan fingerprint density at radius 1 is 0.816 bits per heavy atom. The molecule has 0 radical (unpaired) electrons. The van der Waals surface area contributed by atoms with Crippen LogP contribution in [0.5, 0.6) is 0 Å². The highest BCUT2D eigenvalue weighted by Gasteiger charge is 2.20. The van der Waals surface area contributed by atoms with Crippen LogP contribution in [0.3, 0.4) is 0 Å². The van der Waals surface area contributed by atoms with Crippen LogP contribution in [0, 0.1) is 24.1 Å². The lowest BCUT2D eigenvalue weighted by Crippen LogP contribution is -2.06. The number of allylic oxidation sites excluding steroid dienone is 2. The van der Waals surface area contributed by atoms with Crippen LogP contribution in [0.4, 0.5) is 10.1 Å². The van der Waals surface area contributed by atoms with Crippen molar-refractivity contribution < 1.29 is 9.18 Å². The highest BCUT2D eigenvalue weighted by molar-refractivity contribution is 5.82. The molecule has 0 fully saturated rings. The monoisotopic (exact) mass is 668 g/mol. The van der Waals surface area contributed by atoms with Gasteiger partial charge in [0.15, 0.2) is 0 Å². The van der Waals surface area contributed by atoms with Gasteiger partial charge in [-0.1, -0.05) is 142 Å². The minimum atomic E-state index is -0.0970. The molecule has 0 heterocycles. The molecule has 2 unspecified atom stereocenters. The fraction of sp³-hybridized carbons (Fsp3) is 0.478. The molecule has 0 N–H and O–H groups in total. The highest BCUT2D eigenvalue weighted by atomic mass is 19.1. The number of aldehydes is 1. The van der Waals surface area contributed by atoms with E-state index in [1.165, 1.54) is 50.2 Å². The van der Waals surface area contributed by atoms with Crippen LogP contribution in [-0.4, -0.2) is 12.5 Å². The molecule has 2 nitrogen and oxygen atoms in total. The van der Waals surface area contributed by atoms with Crippen LogP contribution in [0.2, 0.25) is 0 Å². The van der Waals surface area contributed by atoms with Gasteiger partial charge in [0.25, 0.3) is 0 Å². The summed E-state index contributed by atoms with van der Waals surface area (Å²) in [7, 11) is 0. The van der Waals surface area contributed by atoms with Gasteiger partial charge in [-0.3, -0.25) is 4.99 Å². The largest absolute Gasteiger partial charge is 0.304 e. The van der Waals surface area contributed by atoms with Crippen LogP contribution in [0.1, 0.15) is 156 Å². The number of rotatable bonds is 16. The first-order valence-electron chi connectivity index (χ1n) is 18.9. The van der Waals surface area contributed by atoms with E-state index in [0.717, 1.165) is 72.8 Å². The van der Waals surface area contributed by atoms with E-state index in [4.69, 9.17) is 16.2 Å². The van der Waals surface area contributed by atoms with E-state index in [1.54, 1.807) is 12.1 Å². The number of unbranched alkanes of at least 4 members (excludes halogenated alkanes) is 4. The van der Waals surface area contributed by atoms with Gasteiger partial charge in [-0.05, 0) is 104 Å². The van der Waals surface area contributed by atoms with Crippen LogP contribution in [-0.2, 0) is 4.79 Å². The standard InChI is InChI=1S/C37H44FN.C5H12.C2H4O.C2H6/c1-6-11-15-29(9-4)33(25-23-31(16-12-7-2)34-17-13-14-18-36(34)38)35-27-32(24-26-37(35)39-10-5)30-21-19-28(8-3)20-22-30;1-3-5-4-2;1-2-3;1-2/h3,10,13-14,17-22,24-27,29,31H,6-7,9,11-12,15-16,23H2,1-2,4-5H3;3-5H2,1-2H3;2H,1H3;1-2H3/b33-25-,39-10?;;;. The number of carbonyl (C=O) groups is 1. The summed E-state index contributed by atoms with van der Waals surface area (Å²) in [4.78, 5) is 13.6. The number of carbonyl (C=O) groups excluding carboxylic acids is 1. The summed E-state index contributed by atoms with van der Waals surface area (Å²) in [5.41, 5.74) is 7.50. The third-order valence-corrected chi connectivity index (χ3v) is 8.38. The van der Waals surface area contributed by atoms with Crippen molar-refractivity contribution in [2.45, 2.75) is 139 Å². The van der Waals surface area contributed by atoms with Gasteiger partial charge in [-0.2, -0.15) is 0 Å². The van der Waals surface area contributed by atoms with Crippen molar-refractivity contribution in [1.82, 2.24) is 0 Å².